The molecule has 1 aliphatic carbocycles. The van der Waals surface area contributed by atoms with E-state index in [4.69, 9.17) is 0 Å². The molecule has 0 radical (unpaired) electrons. The van der Waals surface area contributed by atoms with Crippen LogP contribution in [0.2, 0.25) is 0 Å². The Morgan fingerprint density at radius 2 is 1.63 bits per heavy atom. The molecule has 19 heavy (non-hydrogen) atoms. The third kappa shape index (κ3) is 3.36. The second kappa shape index (κ2) is 6.46. The fourth-order valence-corrected chi connectivity index (χ4v) is 4.51. The Morgan fingerprint density at radius 1 is 1.05 bits per heavy atom. The van der Waals surface area contributed by atoms with Gasteiger partial charge in [0.05, 0.1) is 0 Å². The lowest BCUT2D eigenvalue weighted by molar-refractivity contribution is -0.133. The van der Waals surface area contributed by atoms with Gasteiger partial charge >= 0.3 is 0 Å². The largest absolute Gasteiger partial charge is 0.298 e. The molecule has 1 saturated carbocycles. The summed E-state index contributed by atoms with van der Waals surface area (Å²) in [6.45, 7) is 0. The third-order valence-electron chi connectivity index (χ3n) is 3.01. The van der Waals surface area contributed by atoms with Gasteiger partial charge in [-0.15, -0.1) is 0 Å². The van der Waals surface area contributed by atoms with E-state index in [0.29, 0.717) is 24.8 Å². The summed E-state index contributed by atoms with van der Waals surface area (Å²) >= 11 is 6.38. The number of rotatable bonds is 2. The fourth-order valence-electron chi connectivity index (χ4n) is 2.09. The minimum absolute atomic E-state index is 0.231. The molecule has 6 heteroatoms. The van der Waals surface area contributed by atoms with Crippen molar-refractivity contribution >= 4 is 85.1 Å². The van der Waals surface area contributed by atoms with Gasteiger partial charge in [-0.25, -0.2) is 0 Å². The Kier molecular flexibility index (Phi) is 5.37. The summed E-state index contributed by atoms with van der Waals surface area (Å²) in [7, 11) is 0. The van der Waals surface area contributed by atoms with Gasteiger partial charge in [0.25, 0.3) is 0 Å². The number of benzene rings is 1. The monoisotopic (exact) mass is 594 g/mol. The SMILES string of the molecule is O=C1CCCC(=O)C1C(=O)c1cc(I)cc(I)c1I. The van der Waals surface area contributed by atoms with E-state index in [-0.39, 0.29) is 17.3 Å². The average molecular weight is 594 g/mol. The van der Waals surface area contributed by atoms with Crippen LogP contribution in [-0.2, 0) is 9.59 Å². The van der Waals surface area contributed by atoms with Gasteiger partial charge in [-0.3, -0.25) is 14.4 Å². The molecule has 2 rings (SSSR count). The lowest BCUT2D eigenvalue weighted by atomic mass is 9.82. The first kappa shape index (κ1) is 15.8. The zero-order valence-electron chi connectivity index (χ0n) is 9.71. The standard InChI is InChI=1S/C13H9I3O3/c14-6-4-7(12(16)8(15)5-6)13(19)11-9(17)2-1-3-10(11)18/h4-5,11H,1-3H2. The first-order valence-electron chi connectivity index (χ1n) is 5.66. The minimum atomic E-state index is -1.07. The van der Waals surface area contributed by atoms with Crippen molar-refractivity contribution in [2.75, 3.05) is 0 Å². The summed E-state index contributed by atoms with van der Waals surface area (Å²) in [4.78, 5) is 36.2. The number of carbonyl (C=O) groups is 3. The van der Waals surface area contributed by atoms with E-state index in [1.807, 2.05) is 6.07 Å². The zero-order chi connectivity index (χ0) is 14.2. The van der Waals surface area contributed by atoms with Crippen LogP contribution < -0.4 is 0 Å². The summed E-state index contributed by atoms with van der Waals surface area (Å²) in [5, 5.41) is 0. The summed E-state index contributed by atoms with van der Waals surface area (Å²) in [6, 6.07) is 3.71. The molecular formula is C13H9I3O3. The second-order valence-electron chi connectivity index (χ2n) is 4.33. The molecule has 0 unspecified atom stereocenters. The number of ketones is 3. The topological polar surface area (TPSA) is 51.2 Å². The van der Waals surface area contributed by atoms with Crippen molar-refractivity contribution in [3.05, 3.63) is 28.4 Å². The lowest BCUT2D eigenvalue weighted by Crippen LogP contribution is -2.35. The summed E-state index contributed by atoms with van der Waals surface area (Å²) in [5.41, 5.74) is 0.491. The van der Waals surface area contributed by atoms with Crippen LogP contribution in [0.1, 0.15) is 29.6 Å². The molecular weight excluding hydrogens is 585 g/mol. The van der Waals surface area contributed by atoms with Crippen LogP contribution in [-0.4, -0.2) is 17.3 Å². The number of hydrogen-bond donors (Lipinski definition) is 0. The molecule has 0 N–H and O–H groups in total. The van der Waals surface area contributed by atoms with Crippen molar-refractivity contribution in [3.8, 4) is 0 Å². The van der Waals surface area contributed by atoms with Gasteiger partial charge in [-0.05, 0) is 86.3 Å². The van der Waals surface area contributed by atoms with Crippen molar-refractivity contribution < 1.29 is 14.4 Å². The van der Waals surface area contributed by atoms with Crippen molar-refractivity contribution in [3.63, 3.8) is 0 Å². The Bertz CT molecular complexity index is 565. The van der Waals surface area contributed by atoms with E-state index in [0.717, 1.165) is 10.7 Å². The molecule has 0 aromatic heterocycles. The highest BCUT2D eigenvalue weighted by Gasteiger charge is 2.37. The summed E-state index contributed by atoms with van der Waals surface area (Å²) in [5.74, 6) is -1.87. The molecule has 0 saturated heterocycles. The first-order valence-corrected chi connectivity index (χ1v) is 8.89. The molecule has 0 heterocycles. The quantitative estimate of drug-likeness (QED) is 0.228. The van der Waals surface area contributed by atoms with Gasteiger partial charge in [0.15, 0.2) is 17.3 Å². The highest BCUT2D eigenvalue weighted by atomic mass is 127. The molecule has 0 spiro atoms. The molecule has 1 aromatic rings. The Labute approximate surface area is 151 Å². The van der Waals surface area contributed by atoms with Crippen LogP contribution >= 0.6 is 67.8 Å². The van der Waals surface area contributed by atoms with Crippen molar-refractivity contribution in [1.29, 1.82) is 0 Å². The van der Waals surface area contributed by atoms with Crippen LogP contribution in [0.3, 0.4) is 0 Å². The van der Waals surface area contributed by atoms with Gasteiger partial charge in [0.1, 0.15) is 5.92 Å². The molecule has 100 valence electrons. The highest BCUT2D eigenvalue weighted by Crippen LogP contribution is 2.28. The minimum Gasteiger partial charge on any atom is -0.298 e. The molecule has 0 bridgehead atoms. The van der Waals surface area contributed by atoms with E-state index in [2.05, 4.69) is 67.8 Å². The number of carbonyl (C=O) groups excluding carboxylic acids is 3. The van der Waals surface area contributed by atoms with E-state index in [9.17, 15) is 14.4 Å². The molecule has 1 aromatic carbocycles. The number of hydrogen-bond acceptors (Lipinski definition) is 3. The Morgan fingerprint density at radius 3 is 2.21 bits per heavy atom. The van der Waals surface area contributed by atoms with E-state index in [1.54, 1.807) is 6.07 Å². The predicted octanol–water partition coefficient (Wildman–Crippen LogP) is 3.62. The molecule has 1 aliphatic rings. The van der Waals surface area contributed by atoms with Gasteiger partial charge < -0.3 is 0 Å². The molecule has 1 fully saturated rings. The van der Waals surface area contributed by atoms with Gasteiger partial charge in [-0.1, -0.05) is 0 Å². The van der Waals surface area contributed by atoms with E-state index >= 15 is 0 Å². The first-order chi connectivity index (χ1) is 8.91. The average Bonchev–Trinajstić information content (AvgIpc) is 2.33. The van der Waals surface area contributed by atoms with Crippen LogP contribution in [0.4, 0.5) is 0 Å². The lowest BCUT2D eigenvalue weighted by Gasteiger charge is -2.19. The Hall–Kier alpha value is 0.420. The summed E-state index contributed by atoms with van der Waals surface area (Å²) in [6.07, 6.45) is 1.24. The van der Waals surface area contributed by atoms with Crippen LogP contribution in [0.5, 0.6) is 0 Å². The normalized spacial score (nSPS) is 16.8. The highest BCUT2D eigenvalue weighted by molar-refractivity contribution is 14.1. The predicted molar refractivity (Wildman–Crippen MR) is 96.3 cm³/mol. The second-order valence-corrected chi connectivity index (χ2v) is 7.82. The smallest absolute Gasteiger partial charge is 0.181 e. The zero-order valence-corrected chi connectivity index (χ0v) is 16.2. The van der Waals surface area contributed by atoms with Crippen molar-refractivity contribution in [1.82, 2.24) is 0 Å². The van der Waals surface area contributed by atoms with Gasteiger partial charge in [-0.2, -0.15) is 0 Å². The van der Waals surface area contributed by atoms with Crippen LogP contribution in [0.15, 0.2) is 12.1 Å². The summed E-state index contributed by atoms with van der Waals surface area (Å²) < 4.78 is 2.71. The van der Waals surface area contributed by atoms with Gasteiger partial charge in [0, 0.05) is 29.1 Å². The van der Waals surface area contributed by atoms with E-state index in [1.165, 1.54) is 0 Å². The van der Waals surface area contributed by atoms with Gasteiger partial charge in [0.2, 0.25) is 0 Å². The van der Waals surface area contributed by atoms with Crippen LogP contribution in [0, 0.1) is 16.6 Å². The van der Waals surface area contributed by atoms with Crippen molar-refractivity contribution in [2.24, 2.45) is 5.92 Å². The third-order valence-corrected chi connectivity index (χ3v) is 6.68. The maximum absolute atomic E-state index is 12.5. The van der Waals surface area contributed by atoms with Crippen molar-refractivity contribution in [2.45, 2.75) is 19.3 Å². The van der Waals surface area contributed by atoms with E-state index < -0.39 is 5.92 Å². The number of halogens is 3. The molecule has 0 atom stereocenters. The molecule has 0 amide bonds. The maximum atomic E-state index is 12.5. The molecule has 3 nitrogen and oxygen atoms in total. The van der Waals surface area contributed by atoms with Crippen LogP contribution in [0.25, 0.3) is 0 Å². The number of Topliss-reactive ketones (excluding diaryl/α,β-unsaturated/α-hetero) is 3. The maximum Gasteiger partial charge on any atom is 0.181 e. The Balaban J connectivity index is 2.44. The fraction of sp³-hybridized carbons (Fsp3) is 0.308. The molecule has 0 aliphatic heterocycles.